The molecule has 0 fully saturated rings. The third-order valence-electron chi connectivity index (χ3n) is 22.7. The van der Waals surface area contributed by atoms with Crippen LogP contribution in [-0.2, 0) is 21.7 Å². The molecule has 1 atom stereocenters. The van der Waals surface area contributed by atoms with Gasteiger partial charge in [-0.15, -0.1) is 0 Å². The zero-order valence-electron chi connectivity index (χ0n) is 55.5. The molecule has 0 aromatic heterocycles. The van der Waals surface area contributed by atoms with Gasteiger partial charge in [-0.3, -0.25) is 0 Å². The molecule has 98 heavy (non-hydrogen) atoms. The SMILES string of the molecule is COc1ccc(N(c2cccc(C3(C)CC(C)(C)c4cc(N(c5ccc(OC)c(-c6ccccc6)c5)c5ccc6c(c5)C5(c7ccccc7-c7ccccc75)c5ccccc5-6)ccc43)c2)c2ccc3c(c2)C2(c4ccccc4-c4ccccc42)c2ccccc2-3)cc1-c1ccccc1. The number of hydrogen-bond donors (Lipinski definition) is 0. The number of nitrogens with zero attached hydrogens (tertiary/aromatic N) is 2. The number of methoxy groups -OCH3 is 2. The number of hydrogen-bond acceptors (Lipinski definition) is 4. The lowest BCUT2D eigenvalue weighted by Crippen LogP contribution is -2.26. The van der Waals surface area contributed by atoms with E-state index < -0.39 is 10.8 Å². The third kappa shape index (κ3) is 8.06. The van der Waals surface area contributed by atoms with E-state index in [1.54, 1.807) is 14.2 Å². The second-order valence-electron chi connectivity index (χ2n) is 28.1. The highest BCUT2D eigenvalue weighted by Crippen LogP contribution is 2.66. The Morgan fingerprint density at radius 2 is 0.561 bits per heavy atom. The Bertz CT molecular complexity index is 5480. The van der Waals surface area contributed by atoms with E-state index in [9.17, 15) is 0 Å². The van der Waals surface area contributed by atoms with E-state index in [2.05, 4.69) is 352 Å². The van der Waals surface area contributed by atoms with Crippen molar-refractivity contribution in [2.75, 3.05) is 24.0 Å². The number of anilines is 6. The summed E-state index contributed by atoms with van der Waals surface area (Å²) < 4.78 is 12.4. The molecule has 19 rings (SSSR count). The van der Waals surface area contributed by atoms with Gasteiger partial charge in [0, 0.05) is 50.7 Å². The largest absolute Gasteiger partial charge is 0.496 e. The molecule has 14 aromatic carbocycles. The lowest BCUT2D eigenvalue weighted by molar-refractivity contribution is 0.416. The molecule has 0 N–H and O–H groups in total. The summed E-state index contributed by atoms with van der Waals surface area (Å²) in [5.74, 6) is 1.65. The van der Waals surface area contributed by atoms with Crippen LogP contribution in [0, 0.1) is 0 Å². The molecule has 5 aliphatic rings. The highest BCUT2D eigenvalue weighted by molar-refractivity contribution is 5.99. The lowest BCUT2D eigenvalue weighted by Gasteiger charge is -2.33. The van der Waals surface area contributed by atoms with Crippen LogP contribution in [0.5, 0.6) is 11.5 Å². The van der Waals surface area contributed by atoms with Crippen molar-refractivity contribution in [2.45, 2.75) is 48.9 Å². The van der Waals surface area contributed by atoms with E-state index in [-0.39, 0.29) is 10.8 Å². The van der Waals surface area contributed by atoms with E-state index in [0.717, 1.165) is 74.3 Å². The van der Waals surface area contributed by atoms with E-state index in [4.69, 9.17) is 9.47 Å². The Morgan fingerprint density at radius 1 is 0.245 bits per heavy atom. The molecule has 4 heteroatoms. The summed E-state index contributed by atoms with van der Waals surface area (Å²) in [6.07, 6.45) is 0.903. The van der Waals surface area contributed by atoms with Gasteiger partial charge in [0.25, 0.3) is 0 Å². The van der Waals surface area contributed by atoms with Gasteiger partial charge in [0.2, 0.25) is 0 Å². The normalized spacial score (nSPS) is 15.8. The molecular formula is C94H70N2O2. The predicted molar refractivity (Wildman–Crippen MR) is 403 cm³/mol. The zero-order chi connectivity index (χ0) is 65.7. The van der Waals surface area contributed by atoms with Gasteiger partial charge < -0.3 is 19.3 Å². The van der Waals surface area contributed by atoms with E-state index in [1.807, 2.05) is 0 Å². The van der Waals surface area contributed by atoms with E-state index in [0.29, 0.717) is 0 Å². The molecule has 0 radical (unpaired) electrons. The fraction of sp³-hybridized carbons (Fsp3) is 0.106. The Kier molecular flexibility index (Phi) is 12.7. The molecule has 0 saturated heterocycles. The minimum atomic E-state index is -0.515. The van der Waals surface area contributed by atoms with Crippen LogP contribution in [0.4, 0.5) is 34.1 Å². The highest BCUT2D eigenvalue weighted by Gasteiger charge is 2.54. The van der Waals surface area contributed by atoms with Crippen molar-refractivity contribution >= 4 is 34.1 Å². The van der Waals surface area contributed by atoms with Crippen LogP contribution in [0.2, 0.25) is 0 Å². The number of ether oxygens (including phenoxy) is 2. The molecule has 5 aliphatic carbocycles. The molecule has 0 bridgehead atoms. The molecule has 1 unspecified atom stereocenters. The van der Waals surface area contributed by atoms with Crippen LogP contribution in [0.15, 0.2) is 322 Å². The predicted octanol–water partition coefficient (Wildman–Crippen LogP) is 23.7. The van der Waals surface area contributed by atoms with Crippen LogP contribution in [-0.4, -0.2) is 14.2 Å². The summed E-state index contributed by atoms with van der Waals surface area (Å²) in [4.78, 5) is 4.99. The fourth-order valence-corrected chi connectivity index (χ4v) is 18.7. The summed E-state index contributed by atoms with van der Waals surface area (Å²) in [5, 5.41) is 0. The number of fused-ring (bicyclic) bond motifs is 21. The van der Waals surface area contributed by atoms with Crippen molar-refractivity contribution < 1.29 is 9.47 Å². The van der Waals surface area contributed by atoms with Gasteiger partial charge >= 0.3 is 0 Å². The monoisotopic (exact) mass is 1260 g/mol. The molecular weight excluding hydrogens is 1190 g/mol. The van der Waals surface area contributed by atoms with Gasteiger partial charge in [0.05, 0.1) is 25.0 Å². The zero-order valence-corrected chi connectivity index (χ0v) is 55.5. The van der Waals surface area contributed by atoms with Crippen molar-refractivity contribution in [3.8, 4) is 78.3 Å². The minimum absolute atomic E-state index is 0.227. The smallest absolute Gasteiger partial charge is 0.126 e. The number of rotatable bonds is 11. The first-order valence-electron chi connectivity index (χ1n) is 34.3. The maximum atomic E-state index is 6.18. The summed E-state index contributed by atoms with van der Waals surface area (Å²) in [7, 11) is 3.55. The fourth-order valence-electron chi connectivity index (χ4n) is 18.7. The lowest BCUT2D eigenvalue weighted by atomic mass is 9.70. The molecule has 0 amide bonds. The quantitative estimate of drug-likeness (QED) is 0.129. The first-order chi connectivity index (χ1) is 48.1. The van der Waals surface area contributed by atoms with Gasteiger partial charge in [-0.1, -0.05) is 257 Å². The molecule has 0 aliphatic heterocycles. The molecule has 2 spiro atoms. The Hall–Kier alpha value is -11.7. The van der Waals surface area contributed by atoms with Gasteiger partial charge in [0.15, 0.2) is 0 Å². The molecule has 14 aromatic rings. The molecule has 4 nitrogen and oxygen atoms in total. The number of benzene rings is 14. The van der Waals surface area contributed by atoms with Crippen LogP contribution < -0.4 is 19.3 Å². The highest BCUT2D eigenvalue weighted by atomic mass is 16.5. The Labute approximate surface area is 574 Å². The van der Waals surface area contributed by atoms with Crippen LogP contribution >= 0.6 is 0 Å². The Morgan fingerprint density at radius 3 is 0.949 bits per heavy atom. The van der Waals surface area contributed by atoms with Crippen molar-refractivity contribution in [3.05, 3.63) is 383 Å². The van der Waals surface area contributed by atoms with Gasteiger partial charge in [0.1, 0.15) is 11.5 Å². The second-order valence-corrected chi connectivity index (χ2v) is 28.1. The Balaban J connectivity index is 0.782. The van der Waals surface area contributed by atoms with E-state index in [1.165, 1.54) is 106 Å². The first-order valence-corrected chi connectivity index (χ1v) is 34.3. The second kappa shape index (κ2) is 21.6. The van der Waals surface area contributed by atoms with Gasteiger partial charge in [-0.2, -0.15) is 0 Å². The van der Waals surface area contributed by atoms with E-state index >= 15 is 0 Å². The van der Waals surface area contributed by atoms with Crippen LogP contribution in [0.1, 0.15) is 88.4 Å². The summed E-state index contributed by atoms with van der Waals surface area (Å²) >= 11 is 0. The van der Waals surface area contributed by atoms with Crippen molar-refractivity contribution in [1.82, 2.24) is 0 Å². The summed E-state index contributed by atoms with van der Waals surface area (Å²) in [6.45, 7) is 7.39. The first kappa shape index (κ1) is 57.7. The molecule has 468 valence electrons. The van der Waals surface area contributed by atoms with Crippen molar-refractivity contribution in [2.24, 2.45) is 0 Å². The standard InChI is InChI=1S/C94H70N2O2/c1-91(2)59-92(3,62-29-24-30-63(53-62)95(64-46-51-89(97-4)77(54-64)60-25-8-6-9-26-60)66-43-48-75-73-35-16-22-41-83(73)93(86(75)56-66)79-37-18-12-31-69(79)70-32-13-19-38-80(70)93)85-50-45-68(58-88(85)91)96(65-47-52-90(98-5)78(55-65)61-27-10-7-11-28-61)67-44-49-76-74-36-17-23-42-84(74)94(87(76)57-67)81-39-20-14-33-71(81)72-34-15-21-40-82(72)94/h6-58H,59H2,1-5H3. The topological polar surface area (TPSA) is 24.9 Å². The maximum Gasteiger partial charge on any atom is 0.126 e. The van der Waals surface area contributed by atoms with Crippen LogP contribution in [0.3, 0.4) is 0 Å². The van der Waals surface area contributed by atoms with Crippen LogP contribution in [0.25, 0.3) is 66.8 Å². The molecule has 0 heterocycles. The summed E-state index contributed by atoms with van der Waals surface area (Å²) in [5.41, 5.74) is 33.8. The van der Waals surface area contributed by atoms with Gasteiger partial charge in [-0.25, -0.2) is 0 Å². The minimum Gasteiger partial charge on any atom is -0.496 e. The molecule has 0 saturated carbocycles. The average molecular weight is 1260 g/mol. The third-order valence-corrected chi connectivity index (χ3v) is 22.7. The summed E-state index contributed by atoms with van der Waals surface area (Å²) in [6, 6.07) is 121. The maximum absolute atomic E-state index is 6.18. The van der Waals surface area contributed by atoms with Gasteiger partial charge in [-0.05, 0) is 214 Å². The van der Waals surface area contributed by atoms with Crippen molar-refractivity contribution in [1.29, 1.82) is 0 Å². The van der Waals surface area contributed by atoms with Crippen molar-refractivity contribution in [3.63, 3.8) is 0 Å². The average Bonchev–Trinajstić information content (AvgIpc) is 1.52.